The molecular weight excluding hydrogens is 288 g/mol. The molecule has 23 heavy (non-hydrogen) atoms. The van der Waals surface area contributed by atoms with Crippen LogP contribution in [0.25, 0.3) is 11.2 Å². The number of aromatic nitrogens is 3. The summed E-state index contributed by atoms with van der Waals surface area (Å²) in [5.74, 6) is 0.689. The smallest absolute Gasteiger partial charge is 0.226 e. The third-order valence-corrected chi connectivity index (χ3v) is 4.47. The van der Waals surface area contributed by atoms with Crippen LogP contribution in [-0.4, -0.2) is 20.4 Å². The second-order valence-electron chi connectivity index (χ2n) is 7.79. The average Bonchev–Trinajstić information content (AvgIpc) is 2.72. The zero-order valence-corrected chi connectivity index (χ0v) is 14.5. The van der Waals surface area contributed by atoms with Gasteiger partial charge in [-0.1, -0.05) is 20.8 Å². The first kappa shape index (κ1) is 16.0. The van der Waals surface area contributed by atoms with Gasteiger partial charge >= 0.3 is 0 Å². The number of nitrogens with zero attached hydrogens (tertiary/aromatic N) is 3. The maximum absolute atomic E-state index is 12.3. The van der Waals surface area contributed by atoms with Crippen LogP contribution in [0.3, 0.4) is 0 Å². The number of imidazole rings is 1. The highest BCUT2D eigenvalue weighted by molar-refractivity contribution is 5.91. The Morgan fingerprint density at radius 3 is 2.65 bits per heavy atom. The average molecular weight is 314 g/mol. The van der Waals surface area contributed by atoms with Crippen molar-refractivity contribution < 1.29 is 4.79 Å². The van der Waals surface area contributed by atoms with Gasteiger partial charge in [-0.25, -0.2) is 9.97 Å². The summed E-state index contributed by atoms with van der Waals surface area (Å²) in [6.45, 7) is 8.43. The SMILES string of the molecule is Cc1ccc2nc(NC(=O)CCC(C)(C)C)n(C3CCC3)c2n1. The lowest BCUT2D eigenvalue weighted by atomic mass is 9.90. The van der Waals surface area contributed by atoms with Crippen molar-refractivity contribution in [1.82, 2.24) is 14.5 Å². The molecule has 0 atom stereocenters. The first-order valence-corrected chi connectivity index (χ1v) is 8.49. The maximum atomic E-state index is 12.3. The molecular formula is C18H26N4O. The van der Waals surface area contributed by atoms with Crippen LogP contribution >= 0.6 is 0 Å². The summed E-state index contributed by atoms with van der Waals surface area (Å²) in [5, 5.41) is 3.01. The molecule has 1 fully saturated rings. The molecule has 0 saturated heterocycles. The number of hydrogen-bond donors (Lipinski definition) is 1. The minimum atomic E-state index is 0.0347. The Bertz CT molecular complexity index is 722. The Morgan fingerprint density at radius 1 is 1.30 bits per heavy atom. The van der Waals surface area contributed by atoms with Crippen LogP contribution in [0.5, 0.6) is 0 Å². The largest absolute Gasteiger partial charge is 0.296 e. The van der Waals surface area contributed by atoms with E-state index in [9.17, 15) is 4.79 Å². The van der Waals surface area contributed by atoms with E-state index < -0.39 is 0 Å². The lowest BCUT2D eigenvalue weighted by molar-refractivity contribution is -0.116. The minimum absolute atomic E-state index is 0.0347. The van der Waals surface area contributed by atoms with Crippen molar-refractivity contribution in [2.45, 2.75) is 65.8 Å². The van der Waals surface area contributed by atoms with Gasteiger partial charge in [-0.2, -0.15) is 0 Å². The van der Waals surface area contributed by atoms with Gasteiger partial charge in [0.2, 0.25) is 11.9 Å². The summed E-state index contributed by atoms with van der Waals surface area (Å²) in [6.07, 6.45) is 4.87. The van der Waals surface area contributed by atoms with Gasteiger partial charge in [0.05, 0.1) is 0 Å². The number of fused-ring (bicyclic) bond motifs is 1. The summed E-state index contributed by atoms with van der Waals surface area (Å²) in [6, 6.07) is 4.36. The molecule has 5 nitrogen and oxygen atoms in total. The topological polar surface area (TPSA) is 59.8 Å². The van der Waals surface area contributed by atoms with Gasteiger partial charge in [-0.3, -0.25) is 14.7 Å². The highest BCUT2D eigenvalue weighted by Gasteiger charge is 2.26. The van der Waals surface area contributed by atoms with Crippen LogP contribution in [0.1, 0.15) is 64.6 Å². The number of carbonyl (C=O) groups excluding carboxylic acids is 1. The van der Waals surface area contributed by atoms with Crippen LogP contribution in [-0.2, 0) is 4.79 Å². The number of amides is 1. The quantitative estimate of drug-likeness (QED) is 0.918. The van der Waals surface area contributed by atoms with E-state index in [-0.39, 0.29) is 11.3 Å². The second-order valence-corrected chi connectivity index (χ2v) is 7.79. The fourth-order valence-corrected chi connectivity index (χ4v) is 2.82. The second kappa shape index (κ2) is 5.95. The molecule has 1 saturated carbocycles. The van der Waals surface area contributed by atoms with Crippen molar-refractivity contribution in [3.05, 3.63) is 17.8 Å². The van der Waals surface area contributed by atoms with Crippen LogP contribution in [0, 0.1) is 12.3 Å². The van der Waals surface area contributed by atoms with Gasteiger partial charge in [0.15, 0.2) is 5.65 Å². The Morgan fingerprint density at radius 2 is 2.04 bits per heavy atom. The third kappa shape index (κ3) is 3.54. The van der Waals surface area contributed by atoms with Crippen molar-refractivity contribution in [3.63, 3.8) is 0 Å². The normalized spacial score (nSPS) is 15.7. The molecule has 2 aromatic rings. The van der Waals surface area contributed by atoms with E-state index in [1.54, 1.807) is 0 Å². The molecule has 0 unspecified atom stereocenters. The molecule has 0 radical (unpaired) electrons. The van der Waals surface area contributed by atoms with Crippen molar-refractivity contribution in [2.24, 2.45) is 5.41 Å². The summed E-state index contributed by atoms with van der Waals surface area (Å²) < 4.78 is 2.13. The lowest BCUT2D eigenvalue weighted by Gasteiger charge is -2.28. The number of aryl methyl sites for hydroxylation is 1. The van der Waals surface area contributed by atoms with E-state index in [0.29, 0.717) is 18.4 Å². The van der Waals surface area contributed by atoms with Crippen LogP contribution in [0.15, 0.2) is 12.1 Å². The van der Waals surface area contributed by atoms with Gasteiger partial charge < -0.3 is 0 Å². The van der Waals surface area contributed by atoms with E-state index in [1.165, 1.54) is 6.42 Å². The van der Waals surface area contributed by atoms with Crippen LogP contribution < -0.4 is 5.32 Å². The van der Waals surface area contributed by atoms with Crippen molar-refractivity contribution in [1.29, 1.82) is 0 Å². The standard InChI is InChI=1S/C18H26N4O/c1-12-8-9-14-16(19-12)22(13-6-5-7-13)17(20-14)21-15(23)10-11-18(2,3)4/h8-9,13H,5-7,10-11H2,1-4H3,(H,20,21,23). The van der Waals surface area contributed by atoms with E-state index in [4.69, 9.17) is 0 Å². The Kier molecular flexibility index (Phi) is 4.13. The molecule has 1 N–H and O–H groups in total. The number of anilines is 1. The number of carbonyl (C=O) groups is 1. The monoisotopic (exact) mass is 314 g/mol. The van der Waals surface area contributed by atoms with Crippen molar-refractivity contribution in [3.8, 4) is 0 Å². The van der Waals surface area contributed by atoms with E-state index in [0.717, 1.165) is 36.1 Å². The third-order valence-electron chi connectivity index (χ3n) is 4.47. The number of hydrogen-bond acceptors (Lipinski definition) is 3. The number of pyridine rings is 1. The molecule has 3 rings (SSSR count). The Hall–Kier alpha value is -1.91. The maximum Gasteiger partial charge on any atom is 0.226 e. The number of rotatable bonds is 4. The summed E-state index contributed by atoms with van der Waals surface area (Å²) >= 11 is 0. The van der Waals surface area contributed by atoms with Gasteiger partial charge in [-0.15, -0.1) is 0 Å². The predicted molar refractivity (Wildman–Crippen MR) is 92.5 cm³/mol. The summed E-state index contributed by atoms with van der Waals surface area (Å²) in [4.78, 5) is 21.5. The molecule has 2 heterocycles. The first-order chi connectivity index (χ1) is 10.8. The Labute approximate surface area is 137 Å². The number of nitrogens with one attached hydrogen (secondary N) is 1. The predicted octanol–water partition coefficient (Wildman–Crippen LogP) is 4.23. The van der Waals surface area contributed by atoms with Crippen LogP contribution in [0.4, 0.5) is 5.95 Å². The van der Waals surface area contributed by atoms with Gasteiger partial charge in [-0.05, 0) is 50.2 Å². The van der Waals surface area contributed by atoms with Crippen molar-refractivity contribution >= 4 is 23.0 Å². The zero-order valence-electron chi connectivity index (χ0n) is 14.5. The molecule has 2 aromatic heterocycles. The lowest BCUT2D eigenvalue weighted by Crippen LogP contribution is -2.23. The molecule has 0 aromatic carbocycles. The Balaban J connectivity index is 1.86. The molecule has 0 spiro atoms. The van der Waals surface area contributed by atoms with Gasteiger partial charge in [0.25, 0.3) is 0 Å². The fourth-order valence-electron chi connectivity index (χ4n) is 2.82. The fraction of sp³-hybridized carbons (Fsp3) is 0.611. The molecule has 1 aliphatic carbocycles. The molecule has 0 bridgehead atoms. The minimum Gasteiger partial charge on any atom is -0.296 e. The van der Waals surface area contributed by atoms with Gasteiger partial charge in [0, 0.05) is 18.2 Å². The molecule has 1 amide bonds. The summed E-state index contributed by atoms with van der Waals surface area (Å²) in [7, 11) is 0. The molecule has 1 aliphatic rings. The zero-order chi connectivity index (χ0) is 16.6. The van der Waals surface area contributed by atoms with E-state index >= 15 is 0 Å². The van der Waals surface area contributed by atoms with Gasteiger partial charge in [0.1, 0.15) is 5.52 Å². The molecule has 0 aliphatic heterocycles. The first-order valence-electron chi connectivity index (χ1n) is 8.49. The summed E-state index contributed by atoms with van der Waals surface area (Å²) in [5.41, 5.74) is 2.88. The highest BCUT2D eigenvalue weighted by Crippen LogP contribution is 2.36. The van der Waals surface area contributed by atoms with Crippen LogP contribution in [0.2, 0.25) is 0 Å². The van der Waals surface area contributed by atoms with E-state index in [2.05, 4.69) is 40.6 Å². The van der Waals surface area contributed by atoms with Crippen molar-refractivity contribution in [2.75, 3.05) is 5.32 Å². The van der Waals surface area contributed by atoms with E-state index in [1.807, 2.05) is 19.1 Å². The molecule has 124 valence electrons. The molecule has 5 heteroatoms. The highest BCUT2D eigenvalue weighted by atomic mass is 16.1.